The fraction of sp³-hybridized carbons (Fsp3) is 0.536. The van der Waals surface area contributed by atoms with Crippen LogP contribution in [0.4, 0.5) is 0 Å². The van der Waals surface area contributed by atoms with Gasteiger partial charge in [-0.25, -0.2) is 0 Å². The molecule has 2 aromatic carbocycles. The van der Waals surface area contributed by atoms with Gasteiger partial charge in [-0.05, 0) is 69.0 Å². The molecular weight excluding hydrogens is 410 g/mol. The first-order chi connectivity index (χ1) is 16.0. The maximum absolute atomic E-state index is 13.2. The number of ether oxygens (including phenoxy) is 1. The molecule has 1 heterocycles. The van der Waals surface area contributed by atoms with E-state index in [9.17, 15) is 4.79 Å². The Morgan fingerprint density at radius 3 is 2.48 bits per heavy atom. The van der Waals surface area contributed by atoms with Crippen molar-refractivity contribution in [2.24, 2.45) is 5.92 Å². The monoisotopic (exact) mass is 451 g/mol. The van der Waals surface area contributed by atoms with Crippen LogP contribution in [0.1, 0.15) is 69.5 Å². The Balaban J connectivity index is 1.70. The molecule has 33 heavy (non-hydrogen) atoms. The average Bonchev–Trinajstić information content (AvgIpc) is 3.38. The number of nitrogens with zero attached hydrogens (tertiary/aromatic N) is 1. The lowest BCUT2D eigenvalue weighted by atomic mass is 9.99. The minimum absolute atomic E-state index is 0.0488. The quantitative estimate of drug-likeness (QED) is 0.471. The highest BCUT2D eigenvalue weighted by Gasteiger charge is 2.25. The molecule has 0 saturated carbocycles. The van der Waals surface area contributed by atoms with Crippen LogP contribution in [0, 0.1) is 5.92 Å². The van der Waals surface area contributed by atoms with E-state index in [0.717, 1.165) is 43.0 Å². The van der Waals surface area contributed by atoms with Crippen LogP contribution in [0.5, 0.6) is 5.75 Å². The van der Waals surface area contributed by atoms with E-state index in [1.807, 2.05) is 49.4 Å². The van der Waals surface area contributed by atoms with Crippen molar-refractivity contribution in [1.82, 2.24) is 15.5 Å². The molecule has 0 aliphatic carbocycles. The van der Waals surface area contributed by atoms with E-state index in [2.05, 4.69) is 48.6 Å². The highest BCUT2D eigenvalue weighted by molar-refractivity contribution is 5.83. The number of nitrogens with one attached hydrogen (secondary N) is 2. The van der Waals surface area contributed by atoms with Crippen molar-refractivity contribution >= 4 is 5.91 Å². The van der Waals surface area contributed by atoms with E-state index in [0.29, 0.717) is 12.1 Å². The molecular formula is C28H41N3O2. The lowest BCUT2D eigenvalue weighted by molar-refractivity contribution is -0.123. The van der Waals surface area contributed by atoms with Gasteiger partial charge in [0.25, 0.3) is 0 Å². The Morgan fingerprint density at radius 2 is 1.85 bits per heavy atom. The van der Waals surface area contributed by atoms with Crippen LogP contribution in [-0.4, -0.2) is 43.7 Å². The molecule has 0 bridgehead atoms. The number of amides is 1. The van der Waals surface area contributed by atoms with Gasteiger partial charge < -0.3 is 15.4 Å². The second-order valence-corrected chi connectivity index (χ2v) is 9.52. The van der Waals surface area contributed by atoms with Crippen molar-refractivity contribution in [3.05, 3.63) is 65.7 Å². The van der Waals surface area contributed by atoms with Gasteiger partial charge in [-0.3, -0.25) is 9.69 Å². The van der Waals surface area contributed by atoms with Gasteiger partial charge in [-0.1, -0.05) is 62.7 Å². The van der Waals surface area contributed by atoms with Crippen molar-refractivity contribution in [2.45, 2.75) is 64.6 Å². The van der Waals surface area contributed by atoms with Crippen LogP contribution in [-0.2, 0) is 4.79 Å². The van der Waals surface area contributed by atoms with Gasteiger partial charge in [0.15, 0.2) is 0 Å². The molecule has 3 rings (SSSR count). The first kappa shape index (κ1) is 25.3. The number of carbonyl (C=O) groups excluding carboxylic acids is 1. The van der Waals surface area contributed by atoms with Crippen LogP contribution in [0.3, 0.4) is 0 Å². The Morgan fingerprint density at radius 1 is 1.12 bits per heavy atom. The molecule has 4 atom stereocenters. The van der Waals surface area contributed by atoms with Gasteiger partial charge in [0, 0.05) is 6.54 Å². The molecule has 5 nitrogen and oxygen atoms in total. The van der Waals surface area contributed by atoms with Gasteiger partial charge in [-0.2, -0.15) is 0 Å². The Kier molecular flexibility index (Phi) is 9.76. The molecule has 1 aliphatic rings. The van der Waals surface area contributed by atoms with Crippen molar-refractivity contribution in [2.75, 3.05) is 26.7 Å². The smallest absolute Gasteiger partial charge is 0.227 e. The fourth-order valence-corrected chi connectivity index (χ4v) is 4.49. The Bertz CT molecular complexity index is 834. The van der Waals surface area contributed by atoms with Crippen LogP contribution < -0.4 is 15.4 Å². The van der Waals surface area contributed by atoms with Crippen molar-refractivity contribution in [3.8, 4) is 5.75 Å². The van der Waals surface area contributed by atoms with Crippen LogP contribution in [0.15, 0.2) is 54.6 Å². The molecule has 1 unspecified atom stereocenters. The van der Waals surface area contributed by atoms with E-state index >= 15 is 0 Å². The maximum Gasteiger partial charge on any atom is 0.227 e. The van der Waals surface area contributed by atoms with E-state index in [1.54, 1.807) is 0 Å². The van der Waals surface area contributed by atoms with Gasteiger partial charge in [0.1, 0.15) is 5.75 Å². The largest absolute Gasteiger partial charge is 0.493 e. The molecule has 1 amide bonds. The summed E-state index contributed by atoms with van der Waals surface area (Å²) in [6, 6.07) is 18.1. The zero-order valence-electron chi connectivity index (χ0n) is 20.7. The number of carbonyl (C=O) groups is 1. The standard InChI is InChI=1S/C28H41N3O2/c1-5-10-21(2)20-33-25-16-14-24(15-17-25)26(19-31(4)27-13-9-18-29-27)30-28(32)22(3)23-11-7-6-8-12-23/h6-8,11-12,14-17,21-22,26-27,29H,5,9-10,13,18-20H2,1-4H3,(H,30,32)/t21?,22-,26-,27-/m0/s1. The lowest BCUT2D eigenvalue weighted by Crippen LogP contribution is -2.45. The minimum atomic E-state index is -0.203. The topological polar surface area (TPSA) is 53.6 Å². The van der Waals surface area contributed by atoms with Gasteiger partial charge in [-0.15, -0.1) is 0 Å². The van der Waals surface area contributed by atoms with E-state index in [4.69, 9.17) is 4.74 Å². The third kappa shape index (κ3) is 7.58. The number of rotatable bonds is 12. The first-order valence-corrected chi connectivity index (χ1v) is 12.5. The predicted molar refractivity (Wildman–Crippen MR) is 135 cm³/mol. The zero-order chi connectivity index (χ0) is 23.6. The van der Waals surface area contributed by atoms with Crippen LogP contribution in [0.25, 0.3) is 0 Å². The average molecular weight is 452 g/mol. The summed E-state index contributed by atoms with van der Waals surface area (Å²) >= 11 is 0. The molecule has 2 N–H and O–H groups in total. The third-order valence-electron chi connectivity index (χ3n) is 6.64. The molecule has 0 spiro atoms. The SMILES string of the molecule is CCCC(C)COc1ccc([C@H](CN(C)[C@H]2CCCN2)NC(=O)[C@@H](C)c2ccccc2)cc1. The fourth-order valence-electron chi connectivity index (χ4n) is 4.49. The molecule has 1 aliphatic heterocycles. The predicted octanol–water partition coefficient (Wildman–Crippen LogP) is 5.10. The number of likely N-dealkylation sites (N-methyl/N-ethyl adjacent to an activating group) is 1. The number of hydrogen-bond donors (Lipinski definition) is 2. The maximum atomic E-state index is 13.2. The zero-order valence-corrected chi connectivity index (χ0v) is 20.7. The molecule has 0 aromatic heterocycles. The summed E-state index contributed by atoms with van der Waals surface area (Å²) in [7, 11) is 2.13. The summed E-state index contributed by atoms with van der Waals surface area (Å²) in [6.07, 6.45) is 5.04. The Labute approximate surface area is 199 Å². The van der Waals surface area contributed by atoms with Gasteiger partial charge >= 0.3 is 0 Å². The summed E-state index contributed by atoms with van der Waals surface area (Å²) < 4.78 is 5.99. The lowest BCUT2D eigenvalue weighted by Gasteiger charge is -2.30. The van der Waals surface area contributed by atoms with E-state index in [1.165, 1.54) is 19.3 Å². The normalized spacial score (nSPS) is 18.6. The highest BCUT2D eigenvalue weighted by Crippen LogP contribution is 2.23. The summed E-state index contributed by atoms with van der Waals surface area (Å²) in [5, 5.41) is 6.88. The van der Waals surface area contributed by atoms with Crippen molar-refractivity contribution < 1.29 is 9.53 Å². The molecule has 0 radical (unpaired) electrons. The third-order valence-corrected chi connectivity index (χ3v) is 6.64. The summed E-state index contributed by atoms with van der Waals surface area (Å²) in [4.78, 5) is 15.5. The van der Waals surface area contributed by atoms with Gasteiger partial charge in [0.2, 0.25) is 5.91 Å². The van der Waals surface area contributed by atoms with Crippen LogP contribution >= 0.6 is 0 Å². The summed E-state index contributed by atoms with van der Waals surface area (Å²) in [6.45, 7) is 8.94. The van der Waals surface area contributed by atoms with Gasteiger partial charge in [0.05, 0.1) is 24.7 Å². The van der Waals surface area contributed by atoms with E-state index < -0.39 is 0 Å². The number of hydrogen-bond acceptors (Lipinski definition) is 4. The molecule has 1 saturated heterocycles. The van der Waals surface area contributed by atoms with E-state index in [-0.39, 0.29) is 17.9 Å². The minimum Gasteiger partial charge on any atom is -0.493 e. The molecule has 2 aromatic rings. The summed E-state index contributed by atoms with van der Waals surface area (Å²) in [5.41, 5.74) is 2.13. The van der Waals surface area contributed by atoms with Crippen LogP contribution in [0.2, 0.25) is 0 Å². The van der Waals surface area contributed by atoms with Crippen molar-refractivity contribution in [3.63, 3.8) is 0 Å². The Hall–Kier alpha value is -2.37. The summed E-state index contributed by atoms with van der Waals surface area (Å²) in [5.74, 6) is 1.28. The molecule has 5 heteroatoms. The number of benzene rings is 2. The first-order valence-electron chi connectivity index (χ1n) is 12.5. The van der Waals surface area contributed by atoms with Crippen molar-refractivity contribution in [1.29, 1.82) is 0 Å². The second-order valence-electron chi connectivity index (χ2n) is 9.52. The highest BCUT2D eigenvalue weighted by atomic mass is 16.5. The molecule has 1 fully saturated rings. The molecule has 180 valence electrons. The second kappa shape index (κ2) is 12.8.